The number of hydrogen-bond acceptors (Lipinski definition) is 5. The summed E-state index contributed by atoms with van der Waals surface area (Å²) in [4.78, 5) is 4.58. The van der Waals surface area contributed by atoms with Crippen LogP contribution in [0.4, 0.5) is 0 Å². The molecule has 5 nitrogen and oxygen atoms in total. The number of nitrogens with one attached hydrogen (secondary N) is 1. The first-order chi connectivity index (χ1) is 12.9. The van der Waals surface area contributed by atoms with Crippen LogP contribution in [0.15, 0.2) is 59.1 Å². The van der Waals surface area contributed by atoms with E-state index >= 15 is 0 Å². The lowest BCUT2D eigenvalue weighted by atomic mass is 10.1. The van der Waals surface area contributed by atoms with Gasteiger partial charge in [-0.25, -0.2) is 0 Å². The van der Waals surface area contributed by atoms with Gasteiger partial charge < -0.3 is 14.6 Å². The molecule has 2 heterocycles. The van der Waals surface area contributed by atoms with Gasteiger partial charge in [0.25, 0.3) is 5.89 Å². The third-order valence-electron chi connectivity index (χ3n) is 4.65. The molecule has 1 aliphatic rings. The molecule has 0 spiro atoms. The van der Waals surface area contributed by atoms with Gasteiger partial charge in [0.15, 0.2) is 5.82 Å². The first-order valence-electron chi connectivity index (χ1n) is 9.22. The van der Waals surface area contributed by atoms with Gasteiger partial charge in [0.2, 0.25) is 0 Å². The normalized spacial score (nSPS) is 15.1. The third-order valence-corrected chi connectivity index (χ3v) is 4.65. The minimum atomic E-state index is 0.234. The zero-order chi connectivity index (χ0) is 17.6. The molecule has 3 aromatic rings. The zero-order valence-corrected chi connectivity index (χ0v) is 14.7. The fraction of sp³-hybridized carbons (Fsp3) is 0.333. The Balaban J connectivity index is 1.46. The highest BCUT2D eigenvalue weighted by Gasteiger charge is 2.19. The molecule has 2 aromatic carbocycles. The number of benzene rings is 2. The second-order valence-electron chi connectivity index (χ2n) is 6.56. The predicted molar refractivity (Wildman–Crippen MR) is 100 cm³/mol. The summed E-state index contributed by atoms with van der Waals surface area (Å²) in [6, 6.07) is 18.2. The molecule has 0 atom stereocenters. The molecular formula is C21H23N3O2. The average Bonchev–Trinajstić information content (AvgIpc) is 3.17. The summed E-state index contributed by atoms with van der Waals surface area (Å²) >= 11 is 0. The number of hydrogen-bond donors (Lipinski definition) is 1. The highest BCUT2D eigenvalue weighted by Crippen LogP contribution is 2.30. The van der Waals surface area contributed by atoms with Crippen molar-refractivity contribution in [2.75, 3.05) is 13.1 Å². The Kier molecular flexibility index (Phi) is 5.26. The van der Waals surface area contributed by atoms with Crippen LogP contribution in [-0.4, -0.2) is 29.3 Å². The van der Waals surface area contributed by atoms with Gasteiger partial charge in [-0.05, 0) is 50.0 Å². The molecule has 26 heavy (non-hydrogen) atoms. The van der Waals surface area contributed by atoms with Crippen LogP contribution in [-0.2, 0) is 12.8 Å². The molecule has 0 aliphatic carbocycles. The van der Waals surface area contributed by atoms with E-state index in [9.17, 15) is 0 Å². The van der Waals surface area contributed by atoms with E-state index < -0.39 is 0 Å². The lowest BCUT2D eigenvalue weighted by Crippen LogP contribution is -2.34. The molecule has 0 bridgehead atoms. The molecule has 1 fully saturated rings. The second-order valence-corrected chi connectivity index (χ2v) is 6.56. The van der Waals surface area contributed by atoms with Gasteiger partial charge in [0.05, 0.1) is 5.56 Å². The van der Waals surface area contributed by atoms with Gasteiger partial charge in [-0.3, -0.25) is 0 Å². The van der Waals surface area contributed by atoms with Crippen LogP contribution < -0.4 is 10.1 Å². The van der Waals surface area contributed by atoms with Gasteiger partial charge in [-0.1, -0.05) is 47.6 Å². The number of piperidine rings is 1. The quantitative estimate of drug-likeness (QED) is 0.736. The summed E-state index contributed by atoms with van der Waals surface area (Å²) in [6.45, 7) is 1.99. The van der Waals surface area contributed by atoms with Crippen molar-refractivity contribution in [3.8, 4) is 17.2 Å². The standard InChI is InChI=1S/C21H23N3O2/c1-2-6-16(7-3-1)10-11-20-23-21(26-24-20)18-8-4-5-9-19(18)25-17-12-14-22-15-13-17/h1-9,17,22H,10-15H2. The minimum Gasteiger partial charge on any atom is -0.489 e. The summed E-state index contributed by atoms with van der Waals surface area (Å²) < 4.78 is 11.7. The van der Waals surface area contributed by atoms with Gasteiger partial charge >= 0.3 is 0 Å². The van der Waals surface area contributed by atoms with Crippen molar-refractivity contribution in [1.29, 1.82) is 0 Å². The second kappa shape index (κ2) is 8.15. The smallest absolute Gasteiger partial charge is 0.261 e. The average molecular weight is 349 g/mol. The molecule has 1 N–H and O–H groups in total. The van der Waals surface area contributed by atoms with E-state index in [2.05, 4.69) is 27.6 Å². The van der Waals surface area contributed by atoms with Crippen LogP contribution in [0.5, 0.6) is 5.75 Å². The monoisotopic (exact) mass is 349 g/mol. The van der Waals surface area contributed by atoms with E-state index in [1.54, 1.807) is 0 Å². The van der Waals surface area contributed by atoms with Crippen molar-refractivity contribution in [3.63, 3.8) is 0 Å². The van der Waals surface area contributed by atoms with Crippen molar-refractivity contribution in [1.82, 2.24) is 15.5 Å². The van der Waals surface area contributed by atoms with Crippen molar-refractivity contribution >= 4 is 0 Å². The van der Waals surface area contributed by atoms with E-state index in [-0.39, 0.29) is 6.10 Å². The van der Waals surface area contributed by atoms with Crippen molar-refractivity contribution < 1.29 is 9.26 Å². The number of rotatable bonds is 6. The topological polar surface area (TPSA) is 60.2 Å². The van der Waals surface area contributed by atoms with Crippen molar-refractivity contribution in [2.45, 2.75) is 31.8 Å². The summed E-state index contributed by atoms with van der Waals surface area (Å²) in [7, 11) is 0. The molecule has 0 radical (unpaired) electrons. The Morgan fingerprint density at radius 3 is 2.58 bits per heavy atom. The summed E-state index contributed by atoms with van der Waals surface area (Å²) in [5.74, 6) is 2.07. The maximum absolute atomic E-state index is 6.21. The molecule has 4 rings (SSSR count). The largest absolute Gasteiger partial charge is 0.489 e. The van der Waals surface area contributed by atoms with Gasteiger partial charge in [-0.2, -0.15) is 4.98 Å². The number of aryl methyl sites for hydroxylation is 2. The first kappa shape index (κ1) is 16.8. The molecule has 1 aliphatic heterocycles. The number of aromatic nitrogens is 2. The molecule has 0 unspecified atom stereocenters. The fourth-order valence-corrected chi connectivity index (χ4v) is 3.20. The van der Waals surface area contributed by atoms with E-state index in [0.717, 1.165) is 55.9 Å². The summed E-state index contributed by atoms with van der Waals surface area (Å²) in [5.41, 5.74) is 2.14. The minimum absolute atomic E-state index is 0.234. The maximum atomic E-state index is 6.21. The molecular weight excluding hydrogens is 326 g/mol. The van der Waals surface area contributed by atoms with Crippen molar-refractivity contribution in [3.05, 3.63) is 66.0 Å². The van der Waals surface area contributed by atoms with Crippen LogP contribution in [0.25, 0.3) is 11.5 Å². The number of ether oxygens (including phenoxy) is 1. The van der Waals surface area contributed by atoms with Crippen LogP contribution in [0.2, 0.25) is 0 Å². The predicted octanol–water partition coefficient (Wildman–Crippen LogP) is 3.65. The molecule has 0 amide bonds. The van der Waals surface area contributed by atoms with E-state index in [1.165, 1.54) is 5.56 Å². The molecule has 0 saturated carbocycles. The van der Waals surface area contributed by atoms with Gasteiger partial charge in [-0.15, -0.1) is 0 Å². The highest BCUT2D eigenvalue weighted by molar-refractivity contribution is 5.62. The van der Waals surface area contributed by atoms with Crippen LogP contribution >= 0.6 is 0 Å². The van der Waals surface area contributed by atoms with E-state index in [4.69, 9.17) is 9.26 Å². The Labute approximate surface area is 153 Å². The lowest BCUT2D eigenvalue weighted by molar-refractivity contribution is 0.163. The van der Waals surface area contributed by atoms with Crippen LogP contribution in [0.1, 0.15) is 24.2 Å². The molecule has 1 aromatic heterocycles. The van der Waals surface area contributed by atoms with Gasteiger partial charge in [0, 0.05) is 6.42 Å². The highest BCUT2D eigenvalue weighted by atomic mass is 16.5. The molecule has 134 valence electrons. The zero-order valence-electron chi connectivity index (χ0n) is 14.7. The van der Waals surface area contributed by atoms with Crippen molar-refractivity contribution in [2.24, 2.45) is 0 Å². The molecule has 5 heteroatoms. The van der Waals surface area contributed by atoms with Crippen LogP contribution in [0, 0.1) is 0 Å². The fourth-order valence-electron chi connectivity index (χ4n) is 3.20. The Hall–Kier alpha value is -2.66. The summed E-state index contributed by atoms with van der Waals surface area (Å²) in [6.07, 6.45) is 3.91. The summed E-state index contributed by atoms with van der Waals surface area (Å²) in [5, 5.41) is 7.50. The maximum Gasteiger partial charge on any atom is 0.261 e. The van der Waals surface area contributed by atoms with E-state index in [0.29, 0.717) is 5.89 Å². The van der Waals surface area contributed by atoms with Crippen LogP contribution in [0.3, 0.4) is 0 Å². The number of para-hydroxylation sites is 1. The number of nitrogens with zero attached hydrogens (tertiary/aromatic N) is 2. The first-order valence-corrected chi connectivity index (χ1v) is 9.22. The van der Waals surface area contributed by atoms with Gasteiger partial charge in [0.1, 0.15) is 11.9 Å². The molecule has 1 saturated heterocycles. The Morgan fingerprint density at radius 1 is 0.962 bits per heavy atom. The Bertz CT molecular complexity index is 826. The van der Waals surface area contributed by atoms with E-state index in [1.807, 2.05) is 42.5 Å². The SMILES string of the molecule is c1ccc(CCc2noc(-c3ccccc3OC3CCNCC3)n2)cc1. The third kappa shape index (κ3) is 4.11. The lowest BCUT2D eigenvalue weighted by Gasteiger charge is -2.24. The Morgan fingerprint density at radius 2 is 1.73 bits per heavy atom.